The molecule has 298 valence electrons. The van der Waals surface area contributed by atoms with E-state index >= 15 is 0 Å². The van der Waals surface area contributed by atoms with Gasteiger partial charge in [-0.25, -0.2) is 19.4 Å². The molecule has 6 aromatic rings. The fourth-order valence-corrected chi connectivity index (χ4v) is 7.80. The highest BCUT2D eigenvalue weighted by atomic mass is 16.6. The van der Waals surface area contributed by atoms with Crippen LogP contribution < -0.4 is 19.9 Å². The van der Waals surface area contributed by atoms with Crippen molar-refractivity contribution in [1.29, 1.82) is 0 Å². The average molecular weight is 777 g/mol. The Morgan fingerprint density at radius 2 is 1.57 bits per heavy atom. The SMILES string of the molecule is COc1ccc(Cn2nc(N3CCCc4nc(C=C(c5ccccc5)c5ccccc5)ccc43)c3ncc(N4CCC(C)(CNC(=O)OC(C)(C)C)CC4)nc32)cc1. The van der Waals surface area contributed by atoms with Crippen LogP contribution in [-0.4, -0.2) is 69.7 Å². The van der Waals surface area contributed by atoms with Crippen molar-refractivity contribution in [3.05, 3.63) is 131 Å². The van der Waals surface area contributed by atoms with E-state index in [1.165, 1.54) is 0 Å². The van der Waals surface area contributed by atoms with Crippen LogP contribution in [0.2, 0.25) is 0 Å². The number of pyridine rings is 1. The zero-order valence-electron chi connectivity index (χ0n) is 34.1. The van der Waals surface area contributed by atoms with Crippen LogP contribution >= 0.6 is 0 Å². The first-order valence-electron chi connectivity index (χ1n) is 20.2. The van der Waals surface area contributed by atoms with Crippen molar-refractivity contribution in [2.24, 2.45) is 5.41 Å². The van der Waals surface area contributed by atoms with Crippen LogP contribution in [0.4, 0.5) is 22.1 Å². The molecule has 2 aliphatic rings. The maximum absolute atomic E-state index is 12.4. The van der Waals surface area contributed by atoms with Crippen molar-refractivity contribution in [2.75, 3.05) is 43.1 Å². The van der Waals surface area contributed by atoms with Crippen LogP contribution in [0, 0.1) is 5.41 Å². The van der Waals surface area contributed by atoms with Gasteiger partial charge in [0.1, 0.15) is 17.2 Å². The van der Waals surface area contributed by atoms with E-state index in [4.69, 9.17) is 29.5 Å². The third-order valence-corrected chi connectivity index (χ3v) is 11.0. The predicted octanol–water partition coefficient (Wildman–Crippen LogP) is 9.08. The van der Waals surface area contributed by atoms with E-state index in [-0.39, 0.29) is 11.5 Å². The maximum atomic E-state index is 12.4. The smallest absolute Gasteiger partial charge is 0.407 e. The Labute approximate surface area is 340 Å². The molecule has 1 saturated heterocycles. The fraction of sp³-hybridized carbons (Fsp3) is 0.340. The number of nitrogens with zero attached hydrogens (tertiary/aromatic N) is 7. The molecule has 3 aromatic carbocycles. The zero-order valence-corrected chi connectivity index (χ0v) is 34.1. The van der Waals surface area contributed by atoms with Gasteiger partial charge in [0, 0.05) is 26.2 Å². The second kappa shape index (κ2) is 16.3. The quantitative estimate of drug-likeness (QED) is 0.146. The molecule has 0 bridgehead atoms. The number of aryl methyl sites for hydroxylation is 1. The molecule has 2 aliphatic heterocycles. The lowest BCUT2D eigenvalue weighted by atomic mass is 9.80. The number of carbonyl (C=O) groups is 1. The van der Waals surface area contributed by atoms with Crippen molar-refractivity contribution >= 4 is 46.2 Å². The Morgan fingerprint density at radius 1 is 0.879 bits per heavy atom. The van der Waals surface area contributed by atoms with Gasteiger partial charge in [-0.05, 0) is 104 Å². The molecular weight excluding hydrogens is 725 g/mol. The van der Waals surface area contributed by atoms with Crippen molar-refractivity contribution in [3.63, 3.8) is 0 Å². The number of methoxy groups -OCH3 is 1. The Bertz CT molecular complexity index is 2360. The molecular formula is C47H52N8O3. The van der Waals surface area contributed by atoms with Crippen LogP contribution in [0.1, 0.15) is 75.0 Å². The number of hydrogen-bond donors (Lipinski definition) is 1. The molecule has 11 heteroatoms. The summed E-state index contributed by atoms with van der Waals surface area (Å²) in [6.45, 7) is 11.3. The first-order valence-corrected chi connectivity index (χ1v) is 20.2. The van der Waals surface area contributed by atoms with E-state index in [1.807, 2.05) is 55.9 Å². The van der Waals surface area contributed by atoms with E-state index in [1.54, 1.807) is 7.11 Å². The number of aromatic nitrogens is 5. The largest absolute Gasteiger partial charge is 0.497 e. The molecule has 11 nitrogen and oxygen atoms in total. The zero-order chi connectivity index (χ0) is 40.3. The van der Waals surface area contributed by atoms with Gasteiger partial charge >= 0.3 is 6.09 Å². The molecule has 3 aromatic heterocycles. The molecule has 0 atom stereocenters. The second-order valence-electron chi connectivity index (χ2n) is 16.6. The first kappa shape index (κ1) is 38.6. The Hall–Kier alpha value is -6.23. The topological polar surface area (TPSA) is 111 Å². The number of hydrogen-bond acceptors (Lipinski definition) is 9. The summed E-state index contributed by atoms with van der Waals surface area (Å²) in [6, 6.07) is 33.3. The van der Waals surface area contributed by atoms with E-state index < -0.39 is 5.60 Å². The molecule has 5 heterocycles. The lowest BCUT2D eigenvalue weighted by Gasteiger charge is -2.40. The van der Waals surface area contributed by atoms with Gasteiger partial charge in [0.05, 0.1) is 36.9 Å². The number of ether oxygens (including phenoxy) is 2. The number of alkyl carbamates (subject to hydrolysis) is 1. The highest BCUT2D eigenvalue weighted by Crippen LogP contribution is 2.38. The molecule has 0 saturated carbocycles. The Balaban J connectivity index is 1.09. The van der Waals surface area contributed by atoms with E-state index in [9.17, 15) is 4.79 Å². The van der Waals surface area contributed by atoms with Crippen molar-refractivity contribution in [2.45, 2.75) is 65.5 Å². The highest BCUT2D eigenvalue weighted by Gasteiger charge is 2.33. The fourth-order valence-electron chi connectivity index (χ4n) is 7.80. The number of piperidine rings is 1. The minimum Gasteiger partial charge on any atom is -0.497 e. The monoisotopic (exact) mass is 776 g/mol. The number of benzene rings is 3. The molecule has 1 amide bonds. The van der Waals surface area contributed by atoms with Crippen molar-refractivity contribution in [3.8, 4) is 5.75 Å². The molecule has 0 radical (unpaired) electrons. The van der Waals surface area contributed by atoms with Crippen LogP contribution in [-0.2, 0) is 17.7 Å². The van der Waals surface area contributed by atoms with E-state index in [0.29, 0.717) is 13.1 Å². The molecule has 1 fully saturated rings. The minimum atomic E-state index is -0.531. The number of fused-ring (bicyclic) bond motifs is 2. The molecule has 1 N–H and O–H groups in total. The number of carbonyl (C=O) groups excluding carboxylic acids is 1. The van der Waals surface area contributed by atoms with Gasteiger partial charge < -0.3 is 24.6 Å². The minimum absolute atomic E-state index is 0.0513. The highest BCUT2D eigenvalue weighted by molar-refractivity contribution is 5.92. The number of nitrogens with one attached hydrogen (secondary N) is 1. The maximum Gasteiger partial charge on any atom is 0.407 e. The van der Waals surface area contributed by atoms with Crippen LogP contribution in [0.25, 0.3) is 22.8 Å². The molecule has 0 spiro atoms. The standard InChI is InChI=1S/C47H52N8O3/c1-46(2,3)58-45(56)49-32-47(4)24-27-53(28-25-47)41-30-48-42-43(51-41)55(31-33-18-21-37(57-5)22-19-33)52-44(42)54-26-12-17-39-40(54)23-20-36(50-39)29-38(34-13-8-6-9-14-34)35-15-10-7-11-16-35/h6-11,13-16,18-23,29-30H,12,17,24-28,31-32H2,1-5H3,(H,49,56). The van der Waals surface area contributed by atoms with Crippen LogP contribution in [0.5, 0.6) is 5.75 Å². The van der Waals surface area contributed by atoms with Gasteiger partial charge in [-0.1, -0.05) is 79.7 Å². The second-order valence-corrected chi connectivity index (χ2v) is 16.6. The van der Waals surface area contributed by atoms with E-state index in [2.05, 4.69) is 101 Å². The van der Waals surface area contributed by atoms with Crippen LogP contribution in [0.3, 0.4) is 0 Å². The third kappa shape index (κ3) is 8.68. The van der Waals surface area contributed by atoms with Gasteiger partial charge in [-0.2, -0.15) is 5.10 Å². The van der Waals surface area contributed by atoms with E-state index in [0.717, 1.165) is 113 Å². The third-order valence-electron chi connectivity index (χ3n) is 11.0. The van der Waals surface area contributed by atoms with Crippen LogP contribution in [0.15, 0.2) is 103 Å². The Morgan fingerprint density at radius 3 is 2.22 bits per heavy atom. The van der Waals surface area contributed by atoms with Gasteiger partial charge in [-0.15, -0.1) is 0 Å². The lowest BCUT2D eigenvalue weighted by Crippen LogP contribution is -2.46. The lowest BCUT2D eigenvalue weighted by molar-refractivity contribution is 0.0495. The van der Waals surface area contributed by atoms with Gasteiger partial charge in [0.15, 0.2) is 17.0 Å². The summed E-state index contributed by atoms with van der Waals surface area (Å²) in [5.41, 5.74) is 8.42. The number of amides is 1. The molecule has 0 unspecified atom stereocenters. The molecule has 0 aliphatic carbocycles. The summed E-state index contributed by atoms with van der Waals surface area (Å²) in [6.07, 6.45) is 7.30. The number of rotatable bonds is 10. The predicted molar refractivity (Wildman–Crippen MR) is 231 cm³/mol. The summed E-state index contributed by atoms with van der Waals surface area (Å²) < 4.78 is 12.9. The average Bonchev–Trinajstić information content (AvgIpc) is 3.59. The summed E-state index contributed by atoms with van der Waals surface area (Å²) >= 11 is 0. The normalized spacial score (nSPS) is 15.1. The summed E-state index contributed by atoms with van der Waals surface area (Å²) in [4.78, 5) is 32.6. The molecule has 8 rings (SSSR count). The van der Waals surface area contributed by atoms with Crippen molar-refractivity contribution in [1.82, 2.24) is 30.0 Å². The number of anilines is 3. The molecule has 58 heavy (non-hydrogen) atoms. The summed E-state index contributed by atoms with van der Waals surface area (Å²) in [5, 5.41) is 8.24. The summed E-state index contributed by atoms with van der Waals surface area (Å²) in [7, 11) is 1.68. The Kier molecular flexibility index (Phi) is 10.9. The first-order chi connectivity index (χ1) is 28.0. The summed E-state index contributed by atoms with van der Waals surface area (Å²) in [5.74, 6) is 2.41. The van der Waals surface area contributed by atoms with Gasteiger partial charge in [-0.3, -0.25) is 4.98 Å². The van der Waals surface area contributed by atoms with Gasteiger partial charge in [0.25, 0.3) is 0 Å². The van der Waals surface area contributed by atoms with Gasteiger partial charge in [0.2, 0.25) is 0 Å². The van der Waals surface area contributed by atoms with Crippen molar-refractivity contribution < 1.29 is 14.3 Å².